The molecule has 1 N–H and O–H groups in total. The van der Waals surface area contributed by atoms with E-state index in [1.807, 2.05) is 0 Å². The highest BCUT2D eigenvalue weighted by atomic mass is 14.9. The lowest BCUT2D eigenvalue weighted by atomic mass is 10.1. The highest BCUT2D eigenvalue weighted by molar-refractivity contribution is 5.25. The highest BCUT2D eigenvalue weighted by Gasteiger charge is 2.21. The lowest BCUT2D eigenvalue weighted by molar-refractivity contribution is 0.547. The van der Waals surface area contributed by atoms with E-state index in [1.165, 1.54) is 31.2 Å². The largest absolute Gasteiger partial charge is 0.312 e. The van der Waals surface area contributed by atoms with E-state index in [1.54, 1.807) is 0 Å². The molecule has 2 rings (SSSR count). The van der Waals surface area contributed by atoms with E-state index in [0.717, 1.165) is 30.3 Å². The van der Waals surface area contributed by atoms with Crippen molar-refractivity contribution in [2.45, 2.75) is 65.8 Å². The summed E-state index contributed by atoms with van der Waals surface area (Å²) in [6, 6.07) is 0. The van der Waals surface area contributed by atoms with Gasteiger partial charge in [0, 0.05) is 29.4 Å². The Bertz CT molecular complexity index is 397. The fourth-order valence-electron chi connectivity index (χ4n) is 2.87. The maximum atomic E-state index is 4.76. The van der Waals surface area contributed by atoms with Gasteiger partial charge >= 0.3 is 0 Å². The number of hydrogen-bond donors (Lipinski definition) is 1. The topological polar surface area (TPSA) is 37.8 Å². The summed E-state index contributed by atoms with van der Waals surface area (Å²) >= 11 is 0. The number of hydrogen-bond acceptors (Lipinski definition) is 3. The van der Waals surface area contributed by atoms with Crippen molar-refractivity contribution >= 4 is 0 Å². The molecule has 1 aromatic rings. The first-order chi connectivity index (χ1) is 9.08. The first kappa shape index (κ1) is 14.4. The van der Waals surface area contributed by atoms with Crippen molar-refractivity contribution < 1.29 is 0 Å². The van der Waals surface area contributed by atoms with Gasteiger partial charge in [0.05, 0.1) is 0 Å². The molecule has 0 bridgehead atoms. The second-order valence-corrected chi connectivity index (χ2v) is 6.24. The van der Waals surface area contributed by atoms with Crippen molar-refractivity contribution in [3.63, 3.8) is 0 Å². The van der Waals surface area contributed by atoms with Crippen molar-refractivity contribution in [2.24, 2.45) is 5.92 Å². The van der Waals surface area contributed by atoms with Gasteiger partial charge in [-0.3, -0.25) is 0 Å². The van der Waals surface area contributed by atoms with Crippen molar-refractivity contribution in [3.05, 3.63) is 22.8 Å². The SMILES string of the molecule is Cc1nc(C2CCCC2)nc(C)c1CNCC(C)C. The van der Waals surface area contributed by atoms with E-state index in [-0.39, 0.29) is 0 Å². The van der Waals surface area contributed by atoms with Crippen LogP contribution in [0.2, 0.25) is 0 Å². The number of rotatable bonds is 5. The number of aryl methyl sites for hydroxylation is 2. The summed E-state index contributed by atoms with van der Waals surface area (Å²) in [7, 11) is 0. The van der Waals surface area contributed by atoms with E-state index in [0.29, 0.717) is 11.8 Å². The number of aromatic nitrogens is 2. The molecule has 1 heterocycles. The van der Waals surface area contributed by atoms with Crippen LogP contribution in [0.25, 0.3) is 0 Å². The molecule has 1 fully saturated rings. The molecule has 0 saturated heterocycles. The Morgan fingerprint density at radius 3 is 2.21 bits per heavy atom. The molecule has 106 valence electrons. The monoisotopic (exact) mass is 261 g/mol. The third-order valence-electron chi connectivity index (χ3n) is 4.01. The summed E-state index contributed by atoms with van der Waals surface area (Å²) in [5.74, 6) is 2.37. The minimum atomic E-state index is 0.607. The smallest absolute Gasteiger partial charge is 0.131 e. The molecule has 19 heavy (non-hydrogen) atoms. The zero-order chi connectivity index (χ0) is 13.8. The molecule has 3 heteroatoms. The fourth-order valence-corrected chi connectivity index (χ4v) is 2.87. The Hall–Kier alpha value is -0.960. The second-order valence-electron chi connectivity index (χ2n) is 6.24. The summed E-state index contributed by atoms with van der Waals surface area (Å²) in [5, 5.41) is 3.49. The molecule has 0 atom stereocenters. The van der Waals surface area contributed by atoms with Crippen LogP contribution in [0.3, 0.4) is 0 Å². The maximum absolute atomic E-state index is 4.76. The van der Waals surface area contributed by atoms with E-state index in [4.69, 9.17) is 9.97 Å². The van der Waals surface area contributed by atoms with Crippen molar-refractivity contribution in [2.75, 3.05) is 6.54 Å². The van der Waals surface area contributed by atoms with Gasteiger partial charge in [-0.05, 0) is 39.2 Å². The van der Waals surface area contributed by atoms with Crippen LogP contribution in [0.4, 0.5) is 0 Å². The van der Waals surface area contributed by atoms with Gasteiger partial charge in [0.25, 0.3) is 0 Å². The predicted molar refractivity (Wildman–Crippen MR) is 79.3 cm³/mol. The molecule has 0 amide bonds. The number of nitrogens with one attached hydrogen (secondary N) is 1. The van der Waals surface area contributed by atoms with E-state index in [9.17, 15) is 0 Å². The van der Waals surface area contributed by atoms with Gasteiger partial charge < -0.3 is 5.32 Å². The Balaban J connectivity index is 2.08. The van der Waals surface area contributed by atoms with Crippen LogP contribution in [0.15, 0.2) is 0 Å². The first-order valence-corrected chi connectivity index (χ1v) is 7.62. The van der Waals surface area contributed by atoms with E-state index < -0.39 is 0 Å². The first-order valence-electron chi connectivity index (χ1n) is 7.62. The van der Waals surface area contributed by atoms with Crippen LogP contribution in [0.1, 0.15) is 68.2 Å². The summed E-state index contributed by atoms with van der Waals surface area (Å²) in [6.45, 7) is 10.6. The lowest BCUT2D eigenvalue weighted by Crippen LogP contribution is -2.21. The zero-order valence-electron chi connectivity index (χ0n) is 12.8. The van der Waals surface area contributed by atoms with Crippen molar-refractivity contribution in [3.8, 4) is 0 Å². The molecule has 0 radical (unpaired) electrons. The normalized spacial score (nSPS) is 16.5. The standard InChI is InChI=1S/C16H27N3/c1-11(2)9-17-10-15-12(3)18-16(19-13(15)4)14-7-5-6-8-14/h11,14,17H,5-10H2,1-4H3. The number of nitrogens with zero attached hydrogens (tertiary/aromatic N) is 2. The predicted octanol–water partition coefficient (Wildman–Crippen LogP) is 3.50. The zero-order valence-corrected chi connectivity index (χ0v) is 12.8. The third kappa shape index (κ3) is 3.75. The Morgan fingerprint density at radius 1 is 1.11 bits per heavy atom. The average Bonchev–Trinajstić information content (AvgIpc) is 2.85. The van der Waals surface area contributed by atoms with Gasteiger partial charge in [-0.2, -0.15) is 0 Å². The molecule has 1 aliphatic carbocycles. The molecule has 1 saturated carbocycles. The summed E-state index contributed by atoms with van der Waals surface area (Å²) in [4.78, 5) is 9.53. The third-order valence-corrected chi connectivity index (χ3v) is 4.01. The minimum Gasteiger partial charge on any atom is -0.312 e. The highest BCUT2D eigenvalue weighted by Crippen LogP contribution is 2.32. The summed E-state index contributed by atoms with van der Waals surface area (Å²) in [5.41, 5.74) is 3.60. The Kier molecular flexibility index (Phi) is 4.92. The van der Waals surface area contributed by atoms with Gasteiger partial charge in [-0.15, -0.1) is 0 Å². The lowest BCUT2D eigenvalue weighted by Gasteiger charge is -2.15. The summed E-state index contributed by atoms with van der Waals surface area (Å²) < 4.78 is 0. The molecular weight excluding hydrogens is 234 g/mol. The Labute approximate surface area is 117 Å². The molecule has 1 aromatic heterocycles. The fraction of sp³-hybridized carbons (Fsp3) is 0.750. The Morgan fingerprint density at radius 2 is 1.68 bits per heavy atom. The van der Waals surface area contributed by atoms with Gasteiger partial charge in [0.15, 0.2) is 0 Å². The van der Waals surface area contributed by atoms with Gasteiger partial charge in [-0.25, -0.2) is 9.97 Å². The van der Waals surface area contributed by atoms with Crippen LogP contribution >= 0.6 is 0 Å². The van der Waals surface area contributed by atoms with Gasteiger partial charge in [0.1, 0.15) is 5.82 Å². The van der Waals surface area contributed by atoms with Crippen molar-refractivity contribution in [1.82, 2.24) is 15.3 Å². The van der Waals surface area contributed by atoms with Crippen LogP contribution in [-0.4, -0.2) is 16.5 Å². The quantitative estimate of drug-likeness (QED) is 0.881. The molecule has 0 spiro atoms. The van der Waals surface area contributed by atoms with Crippen LogP contribution in [0, 0.1) is 19.8 Å². The molecule has 1 aliphatic rings. The molecule has 0 aliphatic heterocycles. The average molecular weight is 261 g/mol. The molecule has 0 aromatic carbocycles. The maximum Gasteiger partial charge on any atom is 0.131 e. The second kappa shape index (κ2) is 6.47. The summed E-state index contributed by atoms with van der Waals surface area (Å²) in [6.07, 6.45) is 5.21. The van der Waals surface area contributed by atoms with Gasteiger partial charge in [0.2, 0.25) is 0 Å². The molecular formula is C16H27N3. The van der Waals surface area contributed by atoms with Crippen LogP contribution in [0.5, 0.6) is 0 Å². The minimum absolute atomic E-state index is 0.607. The van der Waals surface area contributed by atoms with E-state index in [2.05, 4.69) is 33.0 Å². The molecule has 0 unspecified atom stereocenters. The molecule has 3 nitrogen and oxygen atoms in total. The van der Waals surface area contributed by atoms with Crippen LogP contribution in [-0.2, 0) is 6.54 Å². The van der Waals surface area contributed by atoms with E-state index >= 15 is 0 Å². The van der Waals surface area contributed by atoms with Gasteiger partial charge in [-0.1, -0.05) is 26.7 Å². The van der Waals surface area contributed by atoms with Crippen molar-refractivity contribution in [1.29, 1.82) is 0 Å². The van der Waals surface area contributed by atoms with Crippen LogP contribution < -0.4 is 5.32 Å².